The van der Waals surface area contributed by atoms with E-state index >= 15 is 0 Å². The zero-order valence-corrected chi connectivity index (χ0v) is 25.5. The third kappa shape index (κ3) is 6.36. The van der Waals surface area contributed by atoms with Crippen LogP contribution < -0.4 is 14.8 Å². The number of ether oxygens (including phenoxy) is 3. The summed E-state index contributed by atoms with van der Waals surface area (Å²) in [6, 6.07) is 5.83. The second-order valence-electron chi connectivity index (χ2n) is 12.3. The fraction of sp³-hybridized carbons (Fsp3) is 0.516. The first-order valence-electron chi connectivity index (χ1n) is 14.1. The number of aromatic nitrogens is 1. The highest BCUT2D eigenvalue weighted by Crippen LogP contribution is 2.41. The number of carbonyl (C=O) groups is 2. The van der Waals surface area contributed by atoms with E-state index < -0.39 is 34.5 Å². The number of nitrogens with zero attached hydrogens (tertiary/aromatic N) is 2. The topological polar surface area (TPSA) is 90.0 Å². The monoisotopic (exact) mass is 601 g/mol. The third-order valence-corrected chi connectivity index (χ3v) is 8.90. The summed E-state index contributed by atoms with van der Waals surface area (Å²) < 4.78 is 46.2. The number of likely N-dealkylation sites (tertiary alicyclic amines) is 1. The van der Waals surface area contributed by atoms with Crippen molar-refractivity contribution < 1.29 is 32.6 Å². The molecule has 1 aliphatic heterocycles. The van der Waals surface area contributed by atoms with Gasteiger partial charge in [0.15, 0.2) is 28.5 Å². The Morgan fingerprint density at radius 2 is 1.71 bits per heavy atom. The minimum atomic E-state index is -1.65. The third-order valence-electron chi connectivity index (χ3n) is 7.88. The number of hydrogen-bond donors (Lipinski definition) is 1. The van der Waals surface area contributed by atoms with Crippen LogP contribution in [0.25, 0.3) is 10.2 Å². The fourth-order valence-corrected chi connectivity index (χ4v) is 6.45. The molecule has 0 saturated carbocycles. The van der Waals surface area contributed by atoms with Gasteiger partial charge in [0, 0.05) is 12.1 Å². The highest BCUT2D eigenvalue weighted by Gasteiger charge is 2.52. The molecule has 0 bridgehead atoms. The van der Waals surface area contributed by atoms with E-state index in [0.717, 1.165) is 42.8 Å². The molecule has 3 aromatic rings. The number of rotatable bonds is 8. The first-order valence-corrected chi connectivity index (χ1v) is 15.0. The van der Waals surface area contributed by atoms with E-state index in [1.54, 1.807) is 27.9 Å². The van der Waals surface area contributed by atoms with Crippen LogP contribution in [-0.4, -0.2) is 61.2 Å². The van der Waals surface area contributed by atoms with Crippen molar-refractivity contribution in [1.82, 2.24) is 15.2 Å². The van der Waals surface area contributed by atoms with E-state index in [1.807, 2.05) is 12.1 Å². The Kier molecular flexibility index (Phi) is 8.44. The predicted octanol–water partition coefficient (Wildman–Crippen LogP) is 5.05. The summed E-state index contributed by atoms with van der Waals surface area (Å²) in [5, 5.41) is 3.47. The molecule has 226 valence electrons. The number of methoxy groups -OCH3 is 1. The first kappa shape index (κ1) is 30.2. The second kappa shape index (κ2) is 11.8. The molecule has 0 spiro atoms. The normalized spacial score (nSPS) is 17.2. The van der Waals surface area contributed by atoms with Crippen LogP contribution >= 0.6 is 11.3 Å². The van der Waals surface area contributed by atoms with Crippen molar-refractivity contribution >= 4 is 33.4 Å². The van der Waals surface area contributed by atoms with Crippen molar-refractivity contribution in [2.24, 2.45) is 11.3 Å². The predicted molar refractivity (Wildman–Crippen MR) is 156 cm³/mol. The average Bonchev–Trinajstić information content (AvgIpc) is 3.51. The molecule has 0 radical (unpaired) electrons. The number of benzene rings is 2. The largest absolute Gasteiger partial charge is 0.493 e. The van der Waals surface area contributed by atoms with E-state index in [9.17, 15) is 18.4 Å². The molecule has 42 heavy (non-hydrogen) atoms. The standard InChI is InChI=1S/C31H37F2N3O5S/c1-30(2,3)41-29(38)31(14-19-10-21(32)22(33)11-20(19)15-31)28(37)34-16-27-35-23-12-25(24(39-5)13-26(23)42-27)40-17-18-6-8-36(4)9-7-18/h10-13,18H,6-9,14-17H2,1-5H3,(H,34,37). The van der Waals surface area contributed by atoms with Gasteiger partial charge in [0.05, 0.1) is 30.5 Å². The van der Waals surface area contributed by atoms with Crippen LogP contribution in [0, 0.1) is 23.0 Å². The van der Waals surface area contributed by atoms with Crippen LogP contribution in [0.5, 0.6) is 11.5 Å². The van der Waals surface area contributed by atoms with Crippen LogP contribution in [0.4, 0.5) is 8.78 Å². The fourth-order valence-electron chi connectivity index (χ4n) is 5.54. The molecule has 5 rings (SSSR count). The number of esters is 1. The minimum Gasteiger partial charge on any atom is -0.493 e. The molecule has 2 aliphatic rings. The van der Waals surface area contributed by atoms with Gasteiger partial charge in [-0.2, -0.15) is 0 Å². The number of thiazole rings is 1. The van der Waals surface area contributed by atoms with Gasteiger partial charge in [-0.05, 0) is 95.8 Å². The molecule has 0 unspecified atom stereocenters. The summed E-state index contributed by atoms with van der Waals surface area (Å²) in [4.78, 5) is 34.1. The Hall–Kier alpha value is -3.31. The number of fused-ring (bicyclic) bond motifs is 2. The summed E-state index contributed by atoms with van der Waals surface area (Å²) in [5.41, 5.74) is -0.964. The molecule has 2 heterocycles. The maximum Gasteiger partial charge on any atom is 0.322 e. The SMILES string of the molecule is COc1cc2sc(CNC(=O)C3(C(=O)OC(C)(C)C)Cc4cc(F)c(F)cc4C3)nc2cc1OCC1CCN(C)CC1. The lowest BCUT2D eigenvalue weighted by Crippen LogP contribution is -2.49. The molecular weight excluding hydrogens is 564 g/mol. The molecule has 1 aromatic heterocycles. The molecule has 2 aromatic carbocycles. The average molecular weight is 602 g/mol. The van der Waals surface area contributed by atoms with E-state index in [2.05, 4.69) is 22.2 Å². The maximum absolute atomic E-state index is 14.0. The van der Waals surface area contributed by atoms with E-state index in [4.69, 9.17) is 14.2 Å². The molecule has 1 saturated heterocycles. The highest BCUT2D eigenvalue weighted by atomic mass is 32.1. The van der Waals surface area contributed by atoms with Gasteiger partial charge >= 0.3 is 5.97 Å². The summed E-state index contributed by atoms with van der Waals surface area (Å²) >= 11 is 1.39. The quantitative estimate of drug-likeness (QED) is 0.286. The van der Waals surface area contributed by atoms with Gasteiger partial charge in [-0.1, -0.05) is 0 Å². The van der Waals surface area contributed by atoms with Crippen molar-refractivity contribution in [1.29, 1.82) is 0 Å². The lowest BCUT2D eigenvalue weighted by Gasteiger charge is -2.30. The van der Waals surface area contributed by atoms with Crippen molar-refractivity contribution in [3.63, 3.8) is 0 Å². The second-order valence-corrected chi connectivity index (χ2v) is 13.4. The minimum absolute atomic E-state index is 0.0654. The molecule has 0 atom stereocenters. The van der Waals surface area contributed by atoms with Crippen LogP contribution in [0.2, 0.25) is 0 Å². The van der Waals surface area contributed by atoms with Gasteiger partial charge in [-0.25, -0.2) is 13.8 Å². The summed E-state index contributed by atoms with van der Waals surface area (Å²) in [6.45, 7) is 7.90. The Balaban J connectivity index is 1.32. The number of carbonyl (C=O) groups excluding carboxylic acids is 2. The maximum atomic E-state index is 14.0. The van der Waals surface area contributed by atoms with Crippen molar-refractivity contribution in [3.8, 4) is 11.5 Å². The number of amides is 1. The van der Waals surface area contributed by atoms with Crippen LogP contribution in [0.3, 0.4) is 0 Å². The van der Waals surface area contributed by atoms with Crippen LogP contribution in [-0.2, 0) is 33.7 Å². The summed E-state index contributed by atoms with van der Waals surface area (Å²) in [7, 11) is 3.72. The first-order chi connectivity index (χ1) is 19.9. The lowest BCUT2D eigenvalue weighted by atomic mass is 9.83. The van der Waals surface area contributed by atoms with E-state index in [-0.39, 0.29) is 19.4 Å². The van der Waals surface area contributed by atoms with Crippen molar-refractivity contribution in [3.05, 3.63) is 52.0 Å². The summed E-state index contributed by atoms with van der Waals surface area (Å²) in [5.74, 6) is -1.63. The molecular formula is C31H37F2N3O5S. The zero-order chi connectivity index (χ0) is 30.2. The lowest BCUT2D eigenvalue weighted by molar-refractivity contribution is -0.170. The van der Waals surface area contributed by atoms with Crippen molar-refractivity contribution in [2.75, 3.05) is 33.9 Å². The Morgan fingerprint density at radius 3 is 2.31 bits per heavy atom. The smallest absolute Gasteiger partial charge is 0.322 e. The molecule has 1 fully saturated rings. The number of halogens is 2. The van der Waals surface area contributed by atoms with Gasteiger partial charge in [0.2, 0.25) is 5.91 Å². The number of hydrogen-bond acceptors (Lipinski definition) is 8. The Morgan fingerprint density at radius 1 is 1.07 bits per heavy atom. The van der Waals surface area contributed by atoms with E-state index in [0.29, 0.717) is 45.7 Å². The van der Waals surface area contributed by atoms with Crippen LogP contribution in [0.1, 0.15) is 49.7 Å². The van der Waals surface area contributed by atoms with Gasteiger partial charge in [-0.3, -0.25) is 9.59 Å². The summed E-state index contributed by atoms with van der Waals surface area (Å²) in [6.07, 6.45) is 1.99. The van der Waals surface area contributed by atoms with Crippen molar-refractivity contribution in [2.45, 2.75) is 58.6 Å². The Bertz CT molecular complexity index is 1460. The molecule has 1 N–H and O–H groups in total. The van der Waals surface area contributed by atoms with E-state index in [1.165, 1.54) is 11.3 Å². The zero-order valence-electron chi connectivity index (χ0n) is 24.6. The molecule has 11 heteroatoms. The van der Waals surface area contributed by atoms with Gasteiger partial charge in [0.1, 0.15) is 10.6 Å². The Labute approximate surface area is 248 Å². The molecule has 1 amide bonds. The molecule has 1 aliphatic carbocycles. The van der Waals surface area contributed by atoms with Gasteiger partial charge < -0.3 is 24.4 Å². The molecule has 8 nitrogen and oxygen atoms in total. The highest BCUT2D eigenvalue weighted by molar-refractivity contribution is 7.18. The van der Waals surface area contributed by atoms with Gasteiger partial charge in [0.25, 0.3) is 0 Å². The number of nitrogens with one attached hydrogen (secondary N) is 1. The van der Waals surface area contributed by atoms with Gasteiger partial charge in [-0.15, -0.1) is 11.3 Å². The number of piperidine rings is 1. The van der Waals surface area contributed by atoms with Crippen LogP contribution in [0.15, 0.2) is 24.3 Å².